The second-order valence-electron chi connectivity index (χ2n) is 4.85. The van der Waals surface area contributed by atoms with Gasteiger partial charge in [-0.1, -0.05) is 41.9 Å². The van der Waals surface area contributed by atoms with Gasteiger partial charge in [0.25, 0.3) is 0 Å². The van der Waals surface area contributed by atoms with Crippen molar-refractivity contribution in [1.29, 1.82) is 0 Å². The zero-order valence-electron chi connectivity index (χ0n) is 10.8. The highest BCUT2D eigenvalue weighted by molar-refractivity contribution is 9.10. The summed E-state index contributed by atoms with van der Waals surface area (Å²) in [6, 6.07) is 7.64. The maximum Gasteiger partial charge on any atom is 0.320 e. The lowest BCUT2D eigenvalue weighted by molar-refractivity contribution is -0.139. The van der Waals surface area contributed by atoms with Gasteiger partial charge in [0.1, 0.15) is 6.04 Å². The summed E-state index contributed by atoms with van der Waals surface area (Å²) in [5.74, 6) is -0.384. The van der Waals surface area contributed by atoms with E-state index in [9.17, 15) is 4.79 Å². The van der Waals surface area contributed by atoms with Crippen molar-refractivity contribution in [1.82, 2.24) is 5.32 Å². The monoisotopic (exact) mass is 313 g/mol. The van der Waals surface area contributed by atoms with Crippen LogP contribution in [0.3, 0.4) is 0 Å². The smallest absolute Gasteiger partial charge is 0.320 e. The molecule has 0 aliphatic rings. The fraction of sp³-hybridized carbons (Fsp3) is 0.500. The van der Waals surface area contributed by atoms with Gasteiger partial charge in [-0.2, -0.15) is 0 Å². The van der Waals surface area contributed by atoms with Gasteiger partial charge in [0.15, 0.2) is 0 Å². The van der Waals surface area contributed by atoms with Gasteiger partial charge in [-0.3, -0.25) is 4.79 Å². The topological polar surface area (TPSA) is 49.3 Å². The predicted octanol–water partition coefficient (Wildman–Crippen LogP) is 3.08. The first-order chi connectivity index (χ1) is 8.49. The number of hydrogen-bond donors (Lipinski definition) is 2. The van der Waals surface area contributed by atoms with Gasteiger partial charge in [-0.05, 0) is 43.0 Å². The Hall–Kier alpha value is -0.870. The first-order valence-corrected chi connectivity index (χ1v) is 6.99. The van der Waals surface area contributed by atoms with Gasteiger partial charge in [0.05, 0.1) is 0 Å². The summed E-state index contributed by atoms with van der Waals surface area (Å²) in [5, 5.41) is 12.2. The molecule has 0 saturated heterocycles. The summed E-state index contributed by atoms with van der Waals surface area (Å²) in [4.78, 5) is 11.1. The second-order valence-corrected chi connectivity index (χ2v) is 5.77. The molecular formula is C14H20BrNO2. The summed E-state index contributed by atoms with van der Waals surface area (Å²) in [6.45, 7) is 4.75. The molecular weight excluding hydrogens is 294 g/mol. The first kappa shape index (κ1) is 15.2. The van der Waals surface area contributed by atoms with E-state index in [-0.39, 0.29) is 0 Å². The van der Waals surface area contributed by atoms with Crippen molar-refractivity contribution in [2.75, 3.05) is 6.54 Å². The summed E-state index contributed by atoms with van der Waals surface area (Å²) in [7, 11) is 0. The maximum absolute atomic E-state index is 11.1. The molecule has 1 aromatic carbocycles. The molecule has 0 aromatic heterocycles. The van der Waals surface area contributed by atoms with Crippen LogP contribution in [-0.4, -0.2) is 23.7 Å². The normalized spacial score (nSPS) is 12.7. The Morgan fingerprint density at radius 3 is 2.44 bits per heavy atom. The van der Waals surface area contributed by atoms with Crippen molar-refractivity contribution in [2.24, 2.45) is 5.92 Å². The van der Waals surface area contributed by atoms with Crippen LogP contribution < -0.4 is 5.32 Å². The Morgan fingerprint density at radius 1 is 1.33 bits per heavy atom. The zero-order valence-corrected chi connectivity index (χ0v) is 12.4. The van der Waals surface area contributed by atoms with Crippen LogP contribution in [0.2, 0.25) is 0 Å². The van der Waals surface area contributed by atoms with Crippen LogP contribution in [0.5, 0.6) is 0 Å². The van der Waals surface area contributed by atoms with E-state index in [0.29, 0.717) is 18.9 Å². The van der Waals surface area contributed by atoms with Crippen molar-refractivity contribution in [3.05, 3.63) is 34.3 Å². The number of halogens is 1. The molecule has 0 spiro atoms. The Morgan fingerprint density at radius 2 is 1.94 bits per heavy atom. The predicted molar refractivity (Wildman–Crippen MR) is 76.7 cm³/mol. The van der Waals surface area contributed by atoms with Crippen LogP contribution in [-0.2, 0) is 11.2 Å². The lowest BCUT2D eigenvalue weighted by Gasteiger charge is -2.16. The highest BCUT2D eigenvalue weighted by Gasteiger charge is 2.17. The quantitative estimate of drug-likeness (QED) is 0.813. The molecule has 0 aliphatic carbocycles. The molecule has 0 radical (unpaired) electrons. The molecule has 0 saturated carbocycles. The number of carbonyl (C=O) groups is 1. The van der Waals surface area contributed by atoms with Crippen LogP contribution >= 0.6 is 15.9 Å². The van der Waals surface area contributed by atoms with E-state index in [0.717, 1.165) is 10.9 Å². The Labute approximate surface area is 117 Å². The summed E-state index contributed by atoms with van der Waals surface area (Å²) < 4.78 is 1.06. The van der Waals surface area contributed by atoms with E-state index in [1.165, 1.54) is 5.56 Å². The van der Waals surface area contributed by atoms with E-state index in [4.69, 9.17) is 5.11 Å². The summed E-state index contributed by atoms with van der Waals surface area (Å²) in [6.07, 6.45) is 1.50. The summed E-state index contributed by atoms with van der Waals surface area (Å²) >= 11 is 3.39. The number of nitrogens with one attached hydrogen (secondary N) is 1. The first-order valence-electron chi connectivity index (χ1n) is 6.19. The third-order valence-corrected chi connectivity index (χ3v) is 3.25. The third kappa shape index (κ3) is 5.65. The minimum atomic E-state index is -0.764. The van der Waals surface area contributed by atoms with Crippen LogP contribution in [0.4, 0.5) is 0 Å². The number of rotatable bonds is 7. The van der Waals surface area contributed by atoms with Gasteiger partial charge in [0, 0.05) is 4.47 Å². The van der Waals surface area contributed by atoms with E-state index in [2.05, 4.69) is 21.2 Å². The molecule has 0 aliphatic heterocycles. The Bertz CT molecular complexity index is 376. The second kappa shape index (κ2) is 7.54. The van der Waals surface area contributed by atoms with E-state index in [1.54, 1.807) is 0 Å². The Kier molecular flexibility index (Phi) is 6.36. The van der Waals surface area contributed by atoms with Crippen molar-refractivity contribution in [2.45, 2.75) is 32.7 Å². The molecule has 0 heterocycles. The van der Waals surface area contributed by atoms with Crippen molar-refractivity contribution in [3.63, 3.8) is 0 Å². The van der Waals surface area contributed by atoms with E-state index >= 15 is 0 Å². The fourth-order valence-electron chi connectivity index (χ4n) is 1.78. The molecule has 1 aromatic rings. The highest BCUT2D eigenvalue weighted by Crippen LogP contribution is 2.11. The maximum atomic E-state index is 11.1. The molecule has 3 nitrogen and oxygen atoms in total. The minimum absolute atomic E-state index is 0.381. The average Bonchev–Trinajstić information content (AvgIpc) is 2.29. The van der Waals surface area contributed by atoms with Gasteiger partial charge in [-0.25, -0.2) is 0 Å². The van der Waals surface area contributed by atoms with Crippen molar-refractivity contribution < 1.29 is 9.90 Å². The standard InChI is InChI=1S/C14H20BrNO2/c1-10(2)9-13(14(17)18)16-8-7-11-3-5-12(15)6-4-11/h3-6,10,13,16H,7-9H2,1-2H3,(H,17,18). The lowest BCUT2D eigenvalue weighted by atomic mass is 10.0. The lowest BCUT2D eigenvalue weighted by Crippen LogP contribution is -2.38. The number of carboxylic acid groups (broad SMARTS) is 1. The molecule has 4 heteroatoms. The summed E-state index contributed by atoms with van der Waals surface area (Å²) in [5.41, 5.74) is 1.21. The largest absolute Gasteiger partial charge is 0.480 e. The molecule has 1 unspecified atom stereocenters. The van der Waals surface area contributed by atoms with Crippen LogP contribution in [0.15, 0.2) is 28.7 Å². The zero-order chi connectivity index (χ0) is 13.5. The van der Waals surface area contributed by atoms with Crippen molar-refractivity contribution >= 4 is 21.9 Å². The Balaban J connectivity index is 2.38. The number of hydrogen-bond acceptors (Lipinski definition) is 2. The van der Waals surface area contributed by atoms with Gasteiger partial charge in [0.2, 0.25) is 0 Å². The highest BCUT2D eigenvalue weighted by atomic mass is 79.9. The van der Waals surface area contributed by atoms with Crippen LogP contribution in [0.25, 0.3) is 0 Å². The molecule has 0 bridgehead atoms. The molecule has 0 fully saturated rings. The van der Waals surface area contributed by atoms with Crippen molar-refractivity contribution in [3.8, 4) is 0 Å². The van der Waals surface area contributed by atoms with E-state index in [1.807, 2.05) is 38.1 Å². The number of carboxylic acids is 1. The number of aliphatic carboxylic acids is 1. The van der Waals surface area contributed by atoms with Crippen LogP contribution in [0, 0.1) is 5.92 Å². The van der Waals surface area contributed by atoms with Gasteiger partial charge >= 0.3 is 5.97 Å². The molecule has 2 N–H and O–H groups in total. The molecule has 0 amide bonds. The SMILES string of the molecule is CC(C)CC(NCCc1ccc(Br)cc1)C(=O)O. The van der Waals surface area contributed by atoms with Crippen LogP contribution in [0.1, 0.15) is 25.8 Å². The van der Waals surface area contributed by atoms with Gasteiger partial charge < -0.3 is 10.4 Å². The molecule has 100 valence electrons. The molecule has 1 rings (SSSR count). The minimum Gasteiger partial charge on any atom is -0.480 e. The number of benzene rings is 1. The average molecular weight is 314 g/mol. The van der Waals surface area contributed by atoms with E-state index < -0.39 is 12.0 Å². The molecule has 18 heavy (non-hydrogen) atoms. The third-order valence-electron chi connectivity index (χ3n) is 2.72. The fourth-order valence-corrected chi connectivity index (χ4v) is 2.05. The molecule has 1 atom stereocenters. The van der Waals surface area contributed by atoms with Gasteiger partial charge in [-0.15, -0.1) is 0 Å².